The molecule has 2 unspecified atom stereocenters. The maximum Gasteiger partial charge on any atom is 0.237 e. The van der Waals surface area contributed by atoms with Crippen LogP contribution in [-0.4, -0.2) is 17.8 Å². The zero-order chi connectivity index (χ0) is 16.7. The van der Waals surface area contributed by atoms with Crippen LogP contribution in [0.4, 0.5) is 5.69 Å². The van der Waals surface area contributed by atoms with Crippen molar-refractivity contribution in [3.63, 3.8) is 0 Å². The molecule has 4 heteroatoms. The van der Waals surface area contributed by atoms with Gasteiger partial charge in [0, 0.05) is 10.9 Å². The molecule has 1 amide bonds. The smallest absolute Gasteiger partial charge is 0.237 e. The summed E-state index contributed by atoms with van der Waals surface area (Å²) >= 11 is 1.65. The first-order chi connectivity index (χ1) is 11.1. The van der Waals surface area contributed by atoms with Crippen molar-refractivity contribution in [1.82, 2.24) is 0 Å². The van der Waals surface area contributed by atoms with Crippen molar-refractivity contribution >= 4 is 23.4 Å². The molecule has 0 radical (unpaired) electrons. The molecule has 0 heterocycles. The van der Waals surface area contributed by atoms with Crippen LogP contribution in [0.25, 0.3) is 0 Å². The van der Waals surface area contributed by atoms with E-state index in [4.69, 9.17) is 4.74 Å². The van der Waals surface area contributed by atoms with Crippen LogP contribution in [-0.2, 0) is 4.79 Å². The molecule has 0 bridgehead atoms. The van der Waals surface area contributed by atoms with E-state index in [9.17, 15) is 4.79 Å². The minimum absolute atomic E-state index is 0.0157. The Labute approximate surface area is 142 Å². The van der Waals surface area contributed by atoms with Gasteiger partial charge < -0.3 is 10.1 Å². The molecule has 0 aliphatic rings. The Kier molecular flexibility index (Phi) is 6.53. The lowest BCUT2D eigenvalue weighted by atomic mass is 10.2. The van der Waals surface area contributed by atoms with Gasteiger partial charge in [0.2, 0.25) is 5.91 Å². The van der Waals surface area contributed by atoms with Gasteiger partial charge >= 0.3 is 0 Å². The highest BCUT2D eigenvalue weighted by atomic mass is 32.2. The summed E-state index contributed by atoms with van der Waals surface area (Å²) in [6.07, 6.45) is 0. The van der Waals surface area contributed by atoms with Crippen LogP contribution in [0, 0.1) is 0 Å². The number of thioether (sulfide) groups is 1. The third-order valence-electron chi connectivity index (χ3n) is 3.48. The number of benzene rings is 2. The van der Waals surface area contributed by atoms with Crippen molar-refractivity contribution in [3.05, 3.63) is 60.2 Å². The molecule has 2 atom stereocenters. The highest BCUT2D eigenvalue weighted by Crippen LogP contribution is 2.32. The summed E-state index contributed by atoms with van der Waals surface area (Å²) in [5, 5.41) is 3.10. The molecule has 0 saturated carbocycles. The molecule has 0 aliphatic carbocycles. The Bertz CT molecular complexity index is 613. The number of hydrogen-bond acceptors (Lipinski definition) is 3. The minimum atomic E-state index is -0.128. The fraction of sp³-hybridized carbons (Fsp3) is 0.316. The van der Waals surface area contributed by atoms with E-state index in [1.807, 2.05) is 56.3 Å². The lowest BCUT2D eigenvalue weighted by Gasteiger charge is -2.17. The standard InChI is InChI=1S/C19H23NO2S/c1-4-22-18-12-10-17(11-13-18)20-19(21)15(3)23-14(2)16-8-6-5-7-9-16/h5-15H,4H2,1-3H3,(H,20,21). The predicted molar refractivity (Wildman–Crippen MR) is 98.2 cm³/mol. The van der Waals surface area contributed by atoms with Crippen molar-refractivity contribution in [1.29, 1.82) is 0 Å². The highest BCUT2D eigenvalue weighted by Gasteiger charge is 2.18. The Balaban J connectivity index is 1.89. The van der Waals surface area contributed by atoms with Crippen LogP contribution in [0.2, 0.25) is 0 Å². The van der Waals surface area contributed by atoms with Crippen LogP contribution in [0.5, 0.6) is 5.75 Å². The van der Waals surface area contributed by atoms with E-state index in [1.165, 1.54) is 5.56 Å². The van der Waals surface area contributed by atoms with Gasteiger partial charge in [0.25, 0.3) is 0 Å². The monoisotopic (exact) mass is 329 g/mol. The average molecular weight is 329 g/mol. The summed E-state index contributed by atoms with van der Waals surface area (Å²) < 4.78 is 5.40. The average Bonchev–Trinajstić information content (AvgIpc) is 2.57. The van der Waals surface area contributed by atoms with Crippen LogP contribution >= 0.6 is 11.8 Å². The Morgan fingerprint density at radius 2 is 1.74 bits per heavy atom. The van der Waals surface area contributed by atoms with E-state index in [1.54, 1.807) is 11.8 Å². The number of carbonyl (C=O) groups excluding carboxylic acids is 1. The number of ether oxygens (including phenoxy) is 1. The van der Waals surface area contributed by atoms with Gasteiger partial charge in [-0.25, -0.2) is 0 Å². The summed E-state index contributed by atoms with van der Waals surface area (Å²) in [7, 11) is 0. The van der Waals surface area contributed by atoms with Crippen molar-refractivity contribution in [2.45, 2.75) is 31.3 Å². The zero-order valence-corrected chi connectivity index (χ0v) is 14.6. The molecule has 0 aromatic heterocycles. The molecule has 23 heavy (non-hydrogen) atoms. The van der Waals surface area contributed by atoms with Gasteiger partial charge in [-0.3, -0.25) is 4.79 Å². The van der Waals surface area contributed by atoms with Crippen molar-refractivity contribution in [3.8, 4) is 5.75 Å². The third kappa shape index (κ3) is 5.32. The van der Waals surface area contributed by atoms with Gasteiger partial charge in [0.15, 0.2) is 0 Å². The molecule has 0 aliphatic heterocycles. The van der Waals surface area contributed by atoms with E-state index in [0.29, 0.717) is 6.61 Å². The van der Waals surface area contributed by atoms with E-state index < -0.39 is 0 Å². The molecular formula is C19H23NO2S. The fourth-order valence-corrected chi connectivity index (χ4v) is 3.32. The van der Waals surface area contributed by atoms with Gasteiger partial charge in [-0.05, 0) is 50.6 Å². The number of hydrogen-bond donors (Lipinski definition) is 1. The third-order valence-corrected chi connectivity index (χ3v) is 4.78. The minimum Gasteiger partial charge on any atom is -0.494 e. The second-order valence-corrected chi connectivity index (χ2v) is 6.96. The quantitative estimate of drug-likeness (QED) is 0.784. The van der Waals surface area contributed by atoms with Crippen molar-refractivity contribution in [2.75, 3.05) is 11.9 Å². The van der Waals surface area contributed by atoms with E-state index >= 15 is 0 Å². The molecule has 0 saturated heterocycles. The van der Waals surface area contributed by atoms with Crippen LogP contribution < -0.4 is 10.1 Å². The van der Waals surface area contributed by atoms with Crippen LogP contribution in [0.1, 0.15) is 31.6 Å². The van der Waals surface area contributed by atoms with E-state index in [0.717, 1.165) is 11.4 Å². The Hall–Kier alpha value is -1.94. The van der Waals surface area contributed by atoms with E-state index in [-0.39, 0.29) is 16.4 Å². The lowest BCUT2D eigenvalue weighted by molar-refractivity contribution is -0.115. The molecule has 122 valence electrons. The van der Waals surface area contributed by atoms with Crippen LogP contribution in [0.15, 0.2) is 54.6 Å². The van der Waals surface area contributed by atoms with Crippen molar-refractivity contribution < 1.29 is 9.53 Å². The number of nitrogens with one attached hydrogen (secondary N) is 1. The first kappa shape index (κ1) is 17.4. The maximum atomic E-state index is 12.3. The molecule has 1 N–H and O–H groups in total. The Morgan fingerprint density at radius 3 is 2.35 bits per heavy atom. The molecule has 0 fully saturated rings. The van der Waals surface area contributed by atoms with Crippen molar-refractivity contribution in [2.24, 2.45) is 0 Å². The first-order valence-corrected chi connectivity index (χ1v) is 8.78. The van der Waals surface area contributed by atoms with Gasteiger partial charge in [0.05, 0.1) is 11.9 Å². The van der Waals surface area contributed by atoms with E-state index in [2.05, 4.69) is 24.4 Å². The summed E-state index contributed by atoms with van der Waals surface area (Å²) in [4.78, 5) is 12.3. The first-order valence-electron chi connectivity index (χ1n) is 7.84. The lowest BCUT2D eigenvalue weighted by Crippen LogP contribution is -2.23. The summed E-state index contributed by atoms with van der Waals surface area (Å²) in [6, 6.07) is 17.7. The van der Waals surface area contributed by atoms with Gasteiger partial charge in [-0.2, -0.15) is 0 Å². The molecule has 0 spiro atoms. The Morgan fingerprint density at radius 1 is 1.09 bits per heavy atom. The number of amides is 1. The van der Waals surface area contributed by atoms with Crippen LogP contribution in [0.3, 0.4) is 0 Å². The van der Waals surface area contributed by atoms with Gasteiger partial charge in [0.1, 0.15) is 5.75 Å². The second kappa shape index (κ2) is 8.63. The number of anilines is 1. The van der Waals surface area contributed by atoms with Gasteiger partial charge in [-0.1, -0.05) is 30.3 Å². The second-order valence-electron chi connectivity index (χ2n) is 5.28. The fourth-order valence-electron chi connectivity index (χ4n) is 2.22. The normalized spacial score (nSPS) is 13.2. The molecule has 3 nitrogen and oxygen atoms in total. The molecule has 2 aromatic rings. The summed E-state index contributed by atoms with van der Waals surface area (Å²) in [5.74, 6) is 0.826. The molecule has 2 aromatic carbocycles. The number of carbonyl (C=O) groups is 1. The highest BCUT2D eigenvalue weighted by molar-refractivity contribution is 8.00. The molecule has 2 rings (SSSR count). The predicted octanol–water partition coefficient (Wildman–Crippen LogP) is 4.91. The largest absolute Gasteiger partial charge is 0.494 e. The summed E-state index contributed by atoms with van der Waals surface area (Å²) in [6.45, 7) is 6.65. The number of rotatable bonds is 7. The maximum absolute atomic E-state index is 12.3. The summed E-state index contributed by atoms with van der Waals surface area (Å²) in [5.41, 5.74) is 2.02. The molecular weight excluding hydrogens is 306 g/mol. The SMILES string of the molecule is CCOc1ccc(NC(=O)C(C)SC(C)c2ccccc2)cc1. The van der Waals surface area contributed by atoms with Gasteiger partial charge in [-0.15, -0.1) is 11.8 Å². The topological polar surface area (TPSA) is 38.3 Å². The zero-order valence-electron chi connectivity index (χ0n) is 13.8.